The summed E-state index contributed by atoms with van der Waals surface area (Å²) in [6.45, 7) is 5.11. The van der Waals surface area contributed by atoms with Crippen molar-refractivity contribution < 1.29 is 9.15 Å². The van der Waals surface area contributed by atoms with Crippen LogP contribution < -0.4 is 15.0 Å². The van der Waals surface area contributed by atoms with E-state index in [4.69, 9.17) is 9.15 Å². The van der Waals surface area contributed by atoms with Crippen molar-refractivity contribution >= 4 is 11.4 Å². The predicted molar refractivity (Wildman–Crippen MR) is 111 cm³/mol. The van der Waals surface area contributed by atoms with Gasteiger partial charge in [0.1, 0.15) is 5.75 Å². The summed E-state index contributed by atoms with van der Waals surface area (Å²) < 4.78 is 10.9. The third-order valence-electron chi connectivity index (χ3n) is 5.26. The van der Waals surface area contributed by atoms with Crippen LogP contribution in [-0.2, 0) is 6.54 Å². The maximum absolute atomic E-state index is 5.76. The van der Waals surface area contributed by atoms with Crippen LogP contribution in [0.25, 0.3) is 11.5 Å². The maximum atomic E-state index is 5.76. The highest BCUT2D eigenvalue weighted by Gasteiger charge is 2.16. The third kappa shape index (κ3) is 4.27. The Bertz CT molecular complexity index is 882. The lowest BCUT2D eigenvalue weighted by molar-refractivity contribution is 0.415. The minimum Gasteiger partial charge on any atom is -0.497 e. The van der Waals surface area contributed by atoms with E-state index in [0.717, 1.165) is 36.0 Å². The molecule has 0 atom stereocenters. The fraction of sp³-hybridized carbons (Fsp3) is 0.364. The van der Waals surface area contributed by atoms with Gasteiger partial charge in [-0.1, -0.05) is 6.92 Å². The molecule has 0 radical (unpaired) electrons. The number of benzene rings is 2. The molecular formula is C22H26N4O2. The molecule has 1 aliphatic heterocycles. The first-order valence-corrected chi connectivity index (χ1v) is 9.77. The summed E-state index contributed by atoms with van der Waals surface area (Å²) >= 11 is 0. The zero-order chi connectivity index (χ0) is 19.3. The largest absolute Gasteiger partial charge is 0.497 e. The van der Waals surface area contributed by atoms with Crippen LogP contribution in [0.4, 0.5) is 11.4 Å². The summed E-state index contributed by atoms with van der Waals surface area (Å²) in [7, 11) is 1.64. The van der Waals surface area contributed by atoms with E-state index in [1.165, 1.54) is 18.5 Å². The van der Waals surface area contributed by atoms with E-state index in [9.17, 15) is 0 Å². The van der Waals surface area contributed by atoms with Crippen LogP contribution >= 0.6 is 0 Å². The second-order valence-corrected chi connectivity index (χ2v) is 7.30. The van der Waals surface area contributed by atoms with Crippen LogP contribution in [0.5, 0.6) is 5.75 Å². The molecule has 0 bridgehead atoms. The number of methoxy groups -OCH3 is 1. The molecule has 6 heteroatoms. The number of rotatable bonds is 6. The number of nitrogens with zero attached hydrogens (tertiary/aromatic N) is 3. The summed E-state index contributed by atoms with van der Waals surface area (Å²) in [5.74, 6) is 2.70. The molecule has 1 fully saturated rings. The number of piperidine rings is 1. The summed E-state index contributed by atoms with van der Waals surface area (Å²) in [5, 5.41) is 11.6. The van der Waals surface area contributed by atoms with E-state index in [1.54, 1.807) is 7.11 Å². The molecule has 28 heavy (non-hydrogen) atoms. The standard InChI is InChI=1S/C22H26N4O2/c1-16-11-13-26(14-12-16)19-7-5-18(6-8-19)23-15-21-24-25-22(28-21)17-3-9-20(27-2)10-4-17/h3-10,16,23H,11-15H2,1-2H3. The SMILES string of the molecule is COc1ccc(-c2nnc(CNc3ccc(N4CCC(C)CC4)cc3)o2)cc1. The zero-order valence-electron chi connectivity index (χ0n) is 16.4. The topological polar surface area (TPSA) is 63.4 Å². The summed E-state index contributed by atoms with van der Waals surface area (Å²) in [5.41, 5.74) is 3.20. The lowest BCUT2D eigenvalue weighted by Crippen LogP contribution is -2.32. The van der Waals surface area contributed by atoms with Crippen molar-refractivity contribution in [2.75, 3.05) is 30.4 Å². The molecule has 4 rings (SSSR count). The Kier molecular flexibility index (Phi) is 5.46. The fourth-order valence-corrected chi connectivity index (χ4v) is 3.41. The summed E-state index contributed by atoms with van der Waals surface area (Å²) in [6.07, 6.45) is 2.54. The van der Waals surface area contributed by atoms with Gasteiger partial charge >= 0.3 is 0 Å². The molecule has 2 aromatic carbocycles. The lowest BCUT2D eigenvalue weighted by Gasteiger charge is -2.32. The number of hydrogen-bond acceptors (Lipinski definition) is 6. The molecule has 6 nitrogen and oxygen atoms in total. The van der Waals surface area contributed by atoms with Crippen LogP contribution in [0.15, 0.2) is 52.9 Å². The first-order chi connectivity index (χ1) is 13.7. The number of anilines is 2. The Balaban J connectivity index is 1.33. The van der Waals surface area contributed by atoms with E-state index in [1.807, 2.05) is 24.3 Å². The van der Waals surface area contributed by atoms with Gasteiger partial charge in [-0.3, -0.25) is 0 Å². The van der Waals surface area contributed by atoms with Crippen molar-refractivity contribution in [2.24, 2.45) is 5.92 Å². The molecule has 1 saturated heterocycles. The van der Waals surface area contributed by atoms with E-state index in [2.05, 4.69) is 51.6 Å². The van der Waals surface area contributed by atoms with E-state index in [-0.39, 0.29) is 0 Å². The Morgan fingerprint density at radius 3 is 2.43 bits per heavy atom. The number of aromatic nitrogens is 2. The normalized spacial score (nSPS) is 14.9. The molecule has 0 amide bonds. The molecule has 0 unspecified atom stereocenters. The van der Waals surface area contributed by atoms with Gasteiger partial charge in [-0.05, 0) is 67.3 Å². The van der Waals surface area contributed by atoms with Crippen LogP contribution in [-0.4, -0.2) is 30.4 Å². The second-order valence-electron chi connectivity index (χ2n) is 7.30. The highest BCUT2D eigenvalue weighted by molar-refractivity contribution is 5.56. The van der Waals surface area contributed by atoms with Gasteiger partial charge in [0.25, 0.3) is 0 Å². The van der Waals surface area contributed by atoms with Crippen molar-refractivity contribution in [1.82, 2.24) is 10.2 Å². The minimum atomic E-state index is 0.490. The Labute approximate surface area is 165 Å². The summed E-state index contributed by atoms with van der Waals surface area (Å²) in [4.78, 5) is 2.46. The zero-order valence-corrected chi connectivity index (χ0v) is 16.4. The van der Waals surface area contributed by atoms with Gasteiger partial charge < -0.3 is 19.4 Å². The first kappa shape index (κ1) is 18.3. The van der Waals surface area contributed by atoms with Gasteiger partial charge in [0.15, 0.2) is 0 Å². The Morgan fingerprint density at radius 2 is 1.75 bits per heavy atom. The van der Waals surface area contributed by atoms with E-state index >= 15 is 0 Å². The van der Waals surface area contributed by atoms with Gasteiger partial charge in [-0.25, -0.2) is 0 Å². The van der Waals surface area contributed by atoms with Gasteiger partial charge in [-0.2, -0.15) is 0 Å². The van der Waals surface area contributed by atoms with Crippen molar-refractivity contribution in [2.45, 2.75) is 26.3 Å². The molecule has 0 saturated carbocycles. The Morgan fingerprint density at radius 1 is 1.04 bits per heavy atom. The maximum Gasteiger partial charge on any atom is 0.247 e. The van der Waals surface area contributed by atoms with Crippen LogP contribution in [0.1, 0.15) is 25.7 Å². The molecule has 3 aromatic rings. The lowest BCUT2D eigenvalue weighted by atomic mass is 9.99. The van der Waals surface area contributed by atoms with Crippen molar-refractivity contribution in [3.8, 4) is 17.2 Å². The van der Waals surface area contributed by atoms with E-state index in [0.29, 0.717) is 18.3 Å². The molecule has 146 valence electrons. The van der Waals surface area contributed by atoms with Gasteiger partial charge in [-0.15, -0.1) is 10.2 Å². The monoisotopic (exact) mass is 378 g/mol. The molecule has 1 N–H and O–H groups in total. The molecule has 0 spiro atoms. The number of hydrogen-bond donors (Lipinski definition) is 1. The average Bonchev–Trinajstić information content (AvgIpc) is 3.22. The number of ether oxygens (including phenoxy) is 1. The van der Waals surface area contributed by atoms with Crippen LogP contribution in [0, 0.1) is 5.92 Å². The van der Waals surface area contributed by atoms with Gasteiger partial charge in [0.05, 0.1) is 13.7 Å². The van der Waals surface area contributed by atoms with Crippen LogP contribution in [0.3, 0.4) is 0 Å². The summed E-state index contributed by atoms with van der Waals surface area (Å²) in [6, 6.07) is 16.1. The van der Waals surface area contributed by atoms with Crippen molar-refractivity contribution in [1.29, 1.82) is 0 Å². The highest BCUT2D eigenvalue weighted by atomic mass is 16.5. The first-order valence-electron chi connectivity index (χ1n) is 9.77. The van der Waals surface area contributed by atoms with Gasteiger partial charge in [0.2, 0.25) is 11.8 Å². The Hall–Kier alpha value is -3.02. The third-order valence-corrected chi connectivity index (χ3v) is 5.26. The minimum absolute atomic E-state index is 0.490. The van der Waals surface area contributed by atoms with Crippen LogP contribution in [0.2, 0.25) is 0 Å². The molecule has 1 aliphatic rings. The molecule has 2 heterocycles. The quantitative estimate of drug-likeness (QED) is 0.677. The fourth-order valence-electron chi connectivity index (χ4n) is 3.41. The second kappa shape index (κ2) is 8.33. The average molecular weight is 378 g/mol. The van der Waals surface area contributed by atoms with Gasteiger partial charge in [0, 0.05) is 30.0 Å². The molecule has 1 aromatic heterocycles. The molecule has 0 aliphatic carbocycles. The van der Waals surface area contributed by atoms with E-state index < -0.39 is 0 Å². The van der Waals surface area contributed by atoms with Crippen molar-refractivity contribution in [3.05, 3.63) is 54.4 Å². The molecular weight excluding hydrogens is 352 g/mol. The highest BCUT2D eigenvalue weighted by Crippen LogP contribution is 2.25. The van der Waals surface area contributed by atoms with Crippen molar-refractivity contribution in [3.63, 3.8) is 0 Å². The smallest absolute Gasteiger partial charge is 0.247 e. The predicted octanol–water partition coefficient (Wildman–Crippen LogP) is 4.59. The number of nitrogens with one attached hydrogen (secondary N) is 1.